The molecule has 1 spiro atoms. The first kappa shape index (κ1) is 22.5. The van der Waals surface area contributed by atoms with E-state index in [-0.39, 0.29) is 29.6 Å². The second-order valence-corrected chi connectivity index (χ2v) is 10.8. The fraction of sp³-hybridized carbons (Fsp3) is 0.414. The Kier molecular flexibility index (Phi) is 4.54. The van der Waals surface area contributed by atoms with E-state index in [1.807, 2.05) is 12.1 Å². The zero-order valence-corrected chi connectivity index (χ0v) is 20.6. The normalized spacial score (nSPS) is 33.0. The van der Waals surface area contributed by atoms with Crippen LogP contribution in [-0.2, 0) is 21.4 Å². The van der Waals surface area contributed by atoms with Crippen molar-refractivity contribution in [2.75, 3.05) is 13.1 Å². The Hall–Kier alpha value is -3.65. The number of hydrogen-bond donors (Lipinski definition) is 1. The summed E-state index contributed by atoms with van der Waals surface area (Å²) in [4.78, 5) is 43.5. The number of phenolic OH excluding ortho intramolecular Hbond substituents is 1. The van der Waals surface area contributed by atoms with Crippen molar-refractivity contribution in [2.45, 2.75) is 61.8 Å². The highest BCUT2D eigenvalue weighted by atomic mass is 16.6. The van der Waals surface area contributed by atoms with Crippen LogP contribution in [0, 0.1) is 0 Å². The maximum atomic E-state index is 13.6. The molecular weight excluding hydrogens is 472 g/mol. The lowest BCUT2D eigenvalue weighted by molar-refractivity contribution is -0.220. The molecule has 2 aromatic rings. The van der Waals surface area contributed by atoms with Crippen molar-refractivity contribution in [2.24, 2.45) is 0 Å². The zero-order valence-electron chi connectivity index (χ0n) is 20.6. The third kappa shape index (κ3) is 2.59. The fourth-order valence-corrected chi connectivity index (χ4v) is 8.20. The van der Waals surface area contributed by atoms with Gasteiger partial charge in [0.1, 0.15) is 11.7 Å². The molecule has 2 fully saturated rings. The van der Waals surface area contributed by atoms with E-state index in [9.17, 15) is 19.5 Å². The second-order valence-electron chi connectivity index (χ2n) is 10.8. The van der Waals surface area contributed by atoms with Crippen LogP contribution in [0.4, 0.5) is 0 Å². The largest absolute Gasteiger partial charge is 0.504 e. The number of ether oxygens (including phenoxy) is 2. The fourth-order valence-electron chi connectivity index (χ4n) is 8.20. The summed E-state index contributed by atoms with van der Waals surface area (Å²) < 4.78 is 13.0. The van der Waals surface area contributed by atoms with E-state index in [4.69, 9.17) is 9.47 Å². The van der Waals surface area contributed by atoms with Crippen molar-refractivity contribution in [3.8, 4) is 11.5 Å². The van der Waals surface area contributed by atoms with Gasteiger partial charge in [-0.1, -0.05) is 24.3 Å². The first-order valence-corrected chi connectivity index (χ1v) is 12.9. The number of benzene rings is 2. The van der Waals surface area contributed by atoms with E-state index in [0.717, 1.165) is 11.1 Å². The number of amides is 2. The lowest BCUT2D eigenvalue weighted by Gasteiger charge is -2.65. The summed E-state index contributed by atoms with van der Waals surface area (Å²) in [5.41, 5.74) is 0.966. The highest BCUT2D eigenvalue weighted by molar-refractivity contribution is 6.21. The first-order valence-electron chi connectivity index (χ1n) is 12.9. The van der Waals surface area contributed by atoms with E-state index in [0.29, 0.717) is 55.6 Å². The Labute approximate surface area is 214 Å². The summed E-state index contributed by atoms with van der Waals surface area (Å²) >= 11 is 0. The van der Waals surface area contributed by atoms with E-state index in [2.05, 4.69) is 11.5 Å². The van der Waals surface area contributed by atoms with Gasteiger partial charge in [0.15, 0.2) is 11.5 Å². The molecule has 0 aromatic heterocycles. The summed E-state index contributed by atoms with van der Waals surface area (Å²) in [5, 5.41) is 10.9. The number of esters is 1. The number of nitrogens with zero attached hydrogens (tertiary/aromatic N) is 2. The third-order valence-electron chi connectivity index (χ3n) is 9.35. The highest BCUT2D eigenvalue weighted by Gasteiger charge is 2.76. The topological polar surface area (TPSA) is 96.4 Å². The number of fused-ring (bicyclic) bond motifs is 1. The quantitative estimate of drug-likeness (QED) is 0.392. The molecule has 1 saturated carbocycles. The highest BCUT2D eigenvalue weighted by Crippen LogP contribution is 2.67. The van der Waals surface area contributed by atoms with Crippen molar-refractivity contribution in [3.05, 3.63) is 71.3 Å². The van der Waals surface area contributed by atoms with Crippen LogP contribution in [0.15, 0.2) is 49.1 Å². The molecule has 0 unspecified atom stereocenters. The maximum absolute atomic E-state index is 13.6. The van der Waals surface area contributed by atoms with Gasteiger partial charge in [0.2, 0.25) is 0 Å². The van der Waals surface area contributed by atoms with Crippen LogP contribution < -0.4 is 4.74 Å². The van der Waals surface area contributed by atoms with Crippen molar-refractivity contribution >= 4 is 17.8 Å². The van der Waals surface area contributed by atoms with Gasteiger partial charge in [0.25, 0.3) is 11.8 Å². The maximum Gasteiger partial charge on any atom is 0.303 e. The summed E-state index contributed by atoms with van der Waals surface area (Å²) in [6.07, 6.45) is 3.34. The number of rotatable bonds is 4. The number of carbonyl (C=O) groups is 3. The van der Waals surface area contributed by atoms with Crippen LogP contribution in [0.3, 0.4) is 0 Å². The molecule has 1 saturated heterocycles. The lowest BCUT2D eigenvalue weighted by Crippen LogP contribution is -2.79. The standard InChI is InChI=1S/C29H28N2O6/c1-3-13-30-14-12-28-23-17-8-9-21(33)24(23)36-25(28)20(10-11-29(28,22(30)15-17)37-16(2)32)31-26(34)18-6-4-5-7-19(18)27(31)35/h3-9,20,22,25,33H,1,10-15H2,2H3/t20-,22-,25+,28+,29-/m1/s1. The zero-order chi connectivity index (χ0) is 25.7. The lowest BCUT2D eigenvalue weighted by atomic mass is 9.48. The molecule has 5 aliphatic rings. The Morgan fingerprint density at radius 3 is 2.59 bits per heavy atom. The number of aromatic hydroxyl groups is 1. The van der Waals surface area contributed by atoms with Crippen molar-refractivity contribution in [1.82, 2.24) is 9.80 Å². The van der Waals surface area contributed by atoms with Crippen LogP contribution in [0.2, 0.25) is 0 Å². The molecule has 2 bridgehead atoms. The summed E-state index contributed by atoms with van der Waals surface area (Å²) in [6, 6.07) is 9.75. The van der Waals surface area contributed by atoms with Crippen LogP contribution >= 0.6 is 0 Å². The predicted octanol–water partition coefficient (Wildman–Crippen LogP) is 2.97. The molecule has 1 N–H and O–H groups in total. The second kappa shape index (κ2) is 7.44. The van der Waals surface area contributed by atoms with Crippen LogP contribution in [0.5, 0.6) is 11.5 Å². The number of piperidine rings is 1. The molecule has 0 radical (unpaired) electrons. The molecule has 190 valence electrons. The Morgan fingerprint density at radius 2 is 1.92 bits per heavy atom. The van der Waals surface area contributed by atoms with Gasteiger partial charge in [-0.15, -0.1) is 6.58 Å². The monoisotopic (exact) mass is 500 g/mol. The average Bonchev–Trinajstić information content (AvgIpc) is 3.35. The van der Waals surface area contributed by atoms with Gasteiger partial charge in [-0.05, 0) is 49.4 Å². The molecule has 2 aliphatic carbocycles. The number of phenols is 1. The SMILES string of the molecule is C=CCN1CC[C@]23c4c5ccc(O)c4O[C@H]2[C@H](N2C(=O)c4ccccc4C2=O)CC[C@@]3(OC(C)=O)[C@H]1C5. The smallest absolute Gasteiger partial charge is 0.303 e. The average molecular weight is 501 g/mol. The number of imide groups is 1. The Bertz CT molecular complexity index is 1370. The van der Waals surface area contributed by atoms with Crippen LogP contribution in [0.25, 0.3) is 0 Å². The van der Waals surface area contributed by atoms with E-state index < -0.39 is 23.2 Å². The molecule has 7 rings (SSSR count). The summed E-state index contributed by atoms with van der Waals surface area (Å²) in [5.74, 6) is -0.629. The van der Waals surface area contributed by atoms with E-state index in [1.54, 1.807) is 30.3 Å². The van der Waals surface area contributed by atoms with Crippen molar-refractivity contribution in [1.29, 1.82) is 0 Å². The Balaban J connectivity index is 1.43. The minimum Gasteiger partial charge on any atom is -0.504 e. The number of hydrogen-bond acceptors (Lipinski definition) is 7. The Morgan fingerprint density at radius 1 is 1.19 bits per heavy atom. The van der Waals surface area contributed by atoms with Gasteiger partial charge in [0.05, 0.1) is 28.6 Å². The van der Waals surface area contributed by atoms with Crippen LogP contribution in [-0.4, -0.2) is 69.6 Å². The number of carbonyl (C=O) groups excluding carboxylic acids is 3. The molecule has 37 heavy (non-hydrogen) atoms. The molecule has 8 heteroatoms. The van der Waals surface area contributed by atoms with Gasteiger partial charge in [-0.25, -0.2) is 0 Å². The summed E-state index contributed by atoms with van der Waals surface area (Å²) in [6.45, 7) is 6.73. The van der Waals surface area contributed by atoms with Gasteiger partial charge in [-0.2, -0.15) is 0 Å². The van der Waals surface area contributed by atoms with Crippen molar-refractivity contribution in [3.63, 3.8) is 0 Å². The molecule has 2 aromatic carbocycles. The molecule has 5 atom stereocenters. The molecule has 8 nitrogen and oxygen atoms in total. The molecule has 3 heterocycles. The molecule has 2 amide bonds. The van der Waals surface area contributed by atoms with Gasteiger partial charge < -0.3 is 14.6 Å². The minimum absolute atomic E-state index is 0.0207. The predicted molar refractivity (Wildman–Crippen MR) is 133 cm³/mol. The third-order valence-corrected chi connectivity index (χ3v) is 9.35. The van der Waals surface area contributed by atoms with Gasteiger partial charge in [0, 0.05) is 25.6 Å². The first-order chi connectivity index (χ1) is 17.8. The molecule has 3 aliphatic heterocycles. The van der Waals surface area contributed by atoms with E-state index >= 15 is 0 Å². The summed E-state index contributed by atoms with van der Waals surface area (Å²) in [7, 11) is 0. The molecular formula is C29H28N2O6. The van der Waals surface area contributed by atoms with E-state index in [1.165, 1.54) is 11.8 Å². The minimum atomic E-state index is -0.925. The van der Waals surface area contributed by atoms with Crippen molar-refractivity contribution < 1.29 is 29.0 Å². The van der Waals surface area contributed by atoms with Gasteiger partial charge >= 0.3 is 5.97 Å². The van der Waals surface area contributed by atoms with Crippen LogP contribution in [0.1, 0.15) is 58.0 Å². The van der Waals surface area contributed by atoms with Gasteiger partial charge in [-0.3, -0.25) is 24.2 Å². The number of likely N-dealkylation sites (tertiary alicyclic amines) is 1.